The minimum Gasteiger partial charge on any atom is -0.450 e. The third-order valence-electron chi connectivity index (χ3n) is 5.41. The Bertz CT molecular complexity index is 636. The minimum absolute atomic E-state index is 0.126. The van der Waals surface area contributed by atoms with Gasteiger partial charge in [-0.05, 0) is 50.5 Å². The number of piperazine rings is 1. The molecule has 154 valence electrons. The maximum atomic E-state index is 12.4. The third kappa shape index (κ3) is 5.53. The van der Waals surface area contributed by atoms with Crippen molar-refractivity contribution in [2.45, 2.75) is 32.6 Å². The normalized spacial score (nSPS) is 17.4. The van der Waals surface area contributed by atoms with Gasteiger partial charge in [-0.1, -0.05) is 0 Å². The molecule has 0 aromatic heterocycles. The maximum Gasteiger partial charge on any atom is 0.409 e. The number of carbonyl (C=O) groups is 2. The summed E-state index contributed by atoms with van der Waals surface area (Å²) in [6, 6.07) is 8.49. The molecule has 3 rings (SSSR count). The summed E-state index contributed by atoms with van der Waals surface area (Å²) in [5.74, 6) is 0.126. The van der Waals surface area contributed by atoms with Crippen molar-refractivity contribution in [3.63, 3.8) is 0 Å². The third-order valence-corrected chi connectivity index (χ3v) is 5.41. The first-order valence-electron chi connectivity index (χ1n) is 10.5. The number of ether oxygens (including phenoxy) is 1. The molecule has 1 aromatic carbocycles. The van der Waals surface area contributed by atoms with Gasteiger partial charge in [0.1, 0.15) is 0 Å². The highest BCUT2D eigenvalue weighted by Gasteiger charge is 2.24. The van der Waals surface area contributed by atoms with Crippen LogP contribution in [0.2, 0.25) is 0 Å². The van der Waals surface area contributed by atoms with Crippen LogP contribution in [0.4, 0.5) is 16.2 Å². The maximum absolute atomic E-state index is 12.4. The molecule has 2 amide bonds. The molecule has 7 heteroatoms. The predicted octanol–water partition coefficient (Wildman–Crippen LogP) is 2.78. The van der Waals surface area contributed by atoms with E-state index in [-0.39, 0.29) is 12.0 Å². The SMILES string of the molecule is CCOC(=O)N1CCN(C(=O)CCNc2ccc(N3CCCCC3)cc2)CC1. The van der Waals surface area contributed by atoms with Crippen LogP contribution in [0.5, 0.6) is 0 Å². The van der Waals surface area contributed by atoms with Crippen molar-refractivity contribution in [2.75, 3.05) is 62.6 Å². The van der Waals surface area contributed by atoms with Gasteiger partial charge >= 0.3 is 6.09 Å². The van der Waals surface area contributed by atoms with Gasteiger partial charge in [0, 0.05) is 63.6 Å². The van der Waals surface area contributed by atoms with Crippen LogP contribution in [0.3, 0.4) is 0 Å². The van der Waals surface area contributed by atoms with E-state index in [1.165, 1.54) is 24.9 Å². The van der Waals surface area contributed by atoms with Crippen molar-refractivity contribution in [3.8, 4) is 0 Å². The first kappa shape index (κ1) is 20.3. The van der Waals surface area contributed by atoms with E-state index in [1.54, 1.807) is 11.8 Å². The van der Waals surface area contributed by atoms with Crippen molar-refractivity contribution >= 4 is 23.4 Å². The first-order valence-corrected chi connectivity index (χ1v) is 10.5. The second-order valence-corrected chi connectivity index (χ2v) is 7.34. The summed E-state index contributed by atoms with van der Waals surface area (Å²) in [6.45, 7) is 7.29. The second-order valence-electron chi connectivity index (χ2n) is 7.34. The van der Waals surface area contributed by atoms with E-state index >= 15 is 0 Å². The number of carbonyl (C=O) groups excluding carboxylic acids is 2. The zero-order valence-electron chi connectivity index (χ0n) is 16.9. The summed E-state index contributed by atoms with van der Waals surface area (Å²) in [4.78, 5) is 30.0. The molecule has 2 fully saturated rings. The van der Waals surface area contributed by atoms with E-state index in [0.717, 1.165) is 18.8 Å². The average molecular weight is 389 g/mol. The average Bonchev–Trinajstić information content (AvgIpc) is 2.75. The van der Waals surface area contributed by atoms with Gasteiger partial charge in [-0.15, -0.1) is 0 Å². The molecular weight excluding hydrogens is 356 g/mol. The zero-order chi connectivity index (χ0) is 19.8. The van der Waals surface area contributed by atoms with Gasteiger partial charge in [-0.25, -0.2) is 4.79 Å². The Morgan fingerprint density at radius 2 is 1.57 bits per heavy atom. The van der Waals surface area contributed by atoms with Crippen molar-refractivity contribution in [2.24, 2.45) is 0 Å². The zero-order valence-corrected chi connectivity index (χ0v) is 16.9. The highest BCUT2D eigenvalue weighted by molar-refractivity contribution is 5.77. The molecule has 2 heterocycles. The van der Waals surface area contributed by atoms with Crippen LogP contribution in [0, 0.1) is 0 Å². The van der Waals surface area contributed by atoms with Crippen molar-refractivity contribution in [1.82, 2.24) is 9.80 Å². The number of hydrogen-bond acceptors (Lipinski definition) is 5. The molecule has 2 aliphatic rings. The fourth-order valence-corrected chi connectivity index (χ4v) is 3.77. The smallest absolute Gasteiger partial charge is 0.409 e. The number of nitrogens with one attached hydrogen (secondary N) is 1. The lowest BCUT2D eigenvalue weighted by Crippen LogP contribution is -2.50. The molecule has 0 atom stereocenters. The quantitative estimate of drug-likeness (QED) is 0.812. The summed E-state index contributed by atoms with van der Waals surface area (Å²) in [7, 11) is 0. The molecule has 0 bridgehead atoms. The Morgan fingerprint density at radius 1 is 0.929 bits per heavy atom. The van der Waals surface area contributed by atoms with Gasteiger partial charge < -0.3 is 24.8 Å². The van der Waals surface area contributed by atoms with Crippen LogP contribution in [0.1, 0.15) is 32.6 Å². The van der Waals surface area contributed by atoms with Gasteiger partial charge in [0.15, 0.2) is 0 Å². The van der Waals surface area contributed by atoms with Crippen LogP contribution in [-0.2, 0) is 9.53 Å². The molecule has 1 aromatic rings. The fourth-order valence-electron chi connectivity index (χ4n) is 3.77. The molecule has 7 nitrogen and oxygen atoms in total. The van der Waals surface area contributed by atoms with E-state index in [9.17, 15) is 9.59 Å². The summed E-state index contributed by atoms with van der Waals surface area (Å²) >= 11 is 0. The van der Waals surface area contributed by atoms with Crippen LogP contribution in [0.15, 0.2) is 24.3 Å². The van der Waals surface area contributed by atoms with Crippen molar-refractivity contribution in [1.29, 1.82) is 0 Å². The number of piperidine rings is 1. The number of amides is 2. The Balaban J connectivity index is 1.37. The molecule has 2 aliphatic heterocycles. The molecule has 0 saturated carbocycles. The monoisotopic (exact) mass is 388 g/mol. The van der Waals surface area contributed by atoms with Crippen molar-refractivity contribution in [3.05, 3.63) is 24.3 Å². The molecule has 0 unspecified atom stereocenters. The van der Waals surface area contributed by atoms with E-state index in [4.69, 9.17) is 4.74 Å². The molecule has 0 radical (unpaired) electrons. The van der Waals surface area contributed by atoms with Gasteiger partial charge in [0.2, 0.25) is 5.91 Å². The standard InChI is InChI=1S/C21H32N4O3/c1-2-28-21(27)25-16-14-24(15-17-25)20(26)10-11-22-18-6-8-19(9-7-18)23-12-4-3-5-13-23/h6-9,22H,2-5,10-17H2,1H3. The van der Waals surface area contributed by atoms with Crippen LogP contribution in [0.25, 0.3) is 0 Å². The number of nitrogens with zero attached hydrogens (tertiary/aromatic N) is 3. The minimum atomic E-state index is -0.288. The van der Waals surface area contributed by atoms with Gasteiger partial charge in [-0.2, -0.15) is 0 Å². The largest absolute Gasteiger partial charge is 0.450 e. The van der Waals surface area contributed by atoms with E-state index in [1.807, 2.05) is 4.90 Å². The Hall–Kier alpha value is -2.44. The number of hydrogen-bond donors (Lipinski definition) is 1. The molecule has 0 aliphatic carbocycles. The second kappa shape index (κ2) is 10.2. The molecule has 1 N–H and O–H groups in total. The summed E-state index contributed by atoms with van der Waals surface area (Å²) in [5, 5.41) is 3.34. The van der Waals surface area contributed by atoms with E-state index in [2.05, 4.69) is 34.5 Å². The summed E-state index contributed by atoms with van der Waals surface area (Å²) < 4.78 is 5.01. The summed E-state index contributed by atoms with van der Waals surface area (Å²) in [6.07, 6.45) is 4.05. The molecule has 0 spiro atoms. The number of rotatable bonds is 6. The lowest BCUT2D eigenvalue weighted by atomic mass is 10.1. The van der Waals surface area contributed by atoms with Crippen LogP contribution in [-0.4, -0.2) is 74.2 Å². The molecular formula is C21H32N4O3. The Morgan fingerprint density at radius 3 is 2.21 bits per heavy atom. The fraction of sp³-hybridized carbons (Fsp3) is 0.619. The number of benzene rings is 1. The molecule has 2 saturated heterocycles. The highest BCUT2D eigenvalue weighted by atomic mass is 16.6. The highest BCUT2D eigenvalue weighted by Crippen LogP contribution is 2.21. The van der Waals surface area contributed by atoms with Gasteiger partial charge in [0.05, 0.1) is 6.61 Å². The lowest BCUT2D eigenvalue weighted by molar-refractivity contribution is -0.132. The Labute approximate surface area is 167 Å². The van der Waals surface area contributed by atoms with Crippen molar-refractivity contribution < 1.29 is 14.3 Å². The number of anilines is 2. The van der Waals surface area contributed by atoms with Gasteiger partial charge in [0.25, 0.3) is 0 Å². The summed E-state index contributed by atoms with van der Waals surface area (Å²) in [5.41, 5.74) is 2.32. The van der Waals surface area contributed by atoms with Crippen LogP contribution >= 0.6 is 0 Å². The van der Waals surface area contributed by atoms with E-state index in [0.29, 0.717) is 45.8 Å². The van der Waals surface area contributed by atoms with Gasteiger partial charge in [-0.3, -0.25) is 4.79 Å². The van der Waals surface area contributed by atoms with E-state index < -0.39 is 0 Å². The topological polar surface area (TPSA) is 65.1 Å². The Kier molecular flexibility index (Phi) is 7.39. The van der Waals surface area contributed by atoms with Crippen LogP contribution < -0.4 is 10.2 Å². The first-order chi connectivity index (χ1) is 13.7. The predicted molar refractivity (Wildman–Crippen MR) is 111 cm³/mol. The molecule has 28 heavy (non-hydrogen) atoms. The lowest BCUT2D eigenvalue weighted by Gasteiger charge is -2.34.